The SMILES string of the molecule is O=C(CSc1nnc(-c2ccncc2)o1)Nc1cc([N+](=O)[O-])ccc1Cl. The van der Waals surface area contributed by atoms with Crippen LogP contribution in [0.25, 0.3) is 11.5 Å². The summed E-state index contributed by atoms with van der Waals surface area (Å²) in [6, 6.07) is 7.24. The molecule has 132 valence electrons. The zero-order valence-corrected chi connectivity index (χ0v) is 14.5. The summed E-state index contributed by atoms with van der Waals surface area (Å²) in [4.78, 5) is 26.2. The minimum absolute atomic E-state index is 0.0308. The maximum Gasteiger partial charge on any atom is 0.277 e. The summed E-state index contributed by atoms with van der Waals surface area (Å²) in [5.74, 6) is -0.130. The summed E-state index contributed by atoms with van der Waals surface area (Å²) in [7, 11) is 0. The fourth-order valence-electron chi connectivity index (χ4n) is 1.92. The van der Waals surface area contributed by atoms with E-state index in [-0.39, 0.29) is 27.4 Å². The Labute approximate surface area is 155 Å². The van der Waals surface area contributed by atoms with Gasteiger partial charge in [-0.3, -0.25) is 19.9 Å². The molecule has 0 spiro atoms. The van der Waals surface area contributed by atoms with E-state index in [0.29, 0.717) is 11.5 Å². The van der Waals surface area contributed by atoms with Crippen molar-refractivity contribution in [1.29, 1.82) is 0 Å². The molecule has 1 N–H and O–H groups in total. The normalized spacial score (nSPS) is 10.5. The van der Waals surface area contributed by atoms with E-state index in [1.54, 1.807) is 24.5 Å². The van der Waals surface area contributed by atoms with Crippen molar-refractivity contribution in [2.75, 3.05) is 11.1 Å². The lowest BCUT2D eigenvalue weighted by Crippen LogP contribution is -2.14. The molecule has 26 heavy (non-hydrogen) atoms. The van der Waals surface area contributed by atoms with E-state index in [0.717, 1.165) is 11.8 Å². The van der Waals surface area contributed by atoms with E-state index < -0.39 is 10.8 Å². The number of nitrogens with zero attached hydrogens (tertiary/aromatic N) is 4. The maximum atomic E-state index is 12.0. The second-order valence-corrected chi connectivity index (χ2v) is 6.20. The van der Waals surface area contributed by atoms with Crippen LogP contribution in [0.3, 0.4) is 0 Å². The van der Waals surface area contributed by atoms with E-state index >= 15 is 0 Å². The number of carbonyl (C=O) groups excluding carboxylic acids is 1. The van der Waals surface area contributed by atoms with Crippen molar-refractivity contribution in [3.05, 3.63) is 57.9 Å². The number of thioether (sulfide) groups is 1. The van der Waals surface area contributed by atoms with Crippen molar-refractivity contribution < 1.29 is 14.1 Å². The molecule has 0 bridgehead atoms. The van der Waals surface area contributed by atoms with Gasteiger partial charge in [0.15, 0.2) is 0 Å². The molecule has 3 rings (SSSR count). The van der Waals surface area contributed by atoms with Crippen molar-refractivity contribution in [2.45, 2.75) is 5.22 Å². The van der Waals surface area contributed by atoms with Crippen LogP contribution in [0.5, 0.6) is 0 Å². The molecular formula is C15H10ClN5O4S. The number of carbonyl (C=O) groups is 1. The molecule has 11 heteroatoms. The van der Waals surface area contributed by atoms with Gasteiger partial charge in [0.05, 0.1) is 21.4 Å². The van der Waals surface area contributed by atoms with Gasteiger partial charge in [-0.2, -0.15) is 0 Å². The van der Waals surface area contributed by atoms with E-state index in [1.807, 2.05) is 0 Å². The molecule has 0 saturated carbocycles. The number of amides is 1. The first-order valence-corrected chi connectivity index (χ1v) is 8.50. The van der Waals surface area contributed by atoms with Crippen molar-refractivity contribution in [3.63, 3.8) is 0 Å². The highest BCUT2D eigenvalue weighted by atomic mass is 35.5. The van der Waals surface area contributed by atoms with E-state index in [4.69, 9.17) is 16.0 Å². The van der Waals surface area contributed by atoms with E-state index in [9.17, 15) is 14.9 Å². The number of nitro benzene ring substituents is 1. The zero-order chi connectivity index (χ0) is 18.5. The number of benzene rings is 1. The van der Waals surface area contributed by atoms with Crippen LogP contribution in [0, 0.1) is 10.1 Å². The maximum absolute atomic E-state index is 12.0. The van der Waals surface area contributed by atoms with Crippen molar-refractivity contribution >= 4 is 40.6 Å². The topological polar surface area (TPSA) is 124 Å². The number of anilines is 1. The second-order valence-electron chi connectivity index (χ2n) is 4.87. The van der Waals surface area contributed by atoms with Crippen LogP contribution in [0.2, 0.25) is 5.02 Å². The van der Waals surface area contributed by atoms with Gasteiger partial charge >= 0.3 is 0 Å². The minimum atomic E-state index is -0.570. The van der Waals surface area contributed by atoms with Gasteiger partial charge in [0.1, 0.15) is 0 Å². The molecule has 2 aromatic heterocycles. The largest absolute Gasteiger partial charge is 0.411 e. The molecule has 1 aromatic carbocycles. The monoisotopic (exact) mass is 391 g/mol. The summed E-state index contributed by atoms with van der Waals surface area (Å²) < 4.78 is 5.46. The van der Waals surface area contributed by atoms with Crippen LogP contribution in [-0.4, -0.2) is 31.8 Å². The van der Waals surface area contributed by atoms with Gasteiger partial charge in [-0.05, 0) is 18.2 Å². The smallest absolute Gasteiger partial charge is 0.277 e. The molecule has 0 radical (unpaired) electrons. The first-order chi connectivity index (χ1) is 12.5. The number of nitro groups is 1. The number of halogens is 1. The van der Waals surface area contributed by atoms with Crippen LogP contribution in [0.15, 0.2) is 52.4 Å². The molecule has 0 unspecified atom stereocenters. The fourth-order valence-corrected chi connectivity index (χ4v) is 2.64. The molecular weight excluding hydrogens is 382 g/mol. The molecule has 0 fully saturated rings. The summed E-state index contributed by atoms with van der Waals surface area (Å²) in [6.45, 7) is 0. The van der Waals surface area contributed by atoms with Crippen LogP contribution in [0.4, 0.5) is 11.4 Å². The van der Waals surface area contributed by atoms with E-state index in [2.05, 4.69) is 20.5 Å². The second kappa shape index (κ2) is 7.93. The Bertz CT molecular complexity index is 950. The number of non-ortho nitro benzene ring substituents is 1. The van der Waals surface area contributed by atoms with Gasteiger partial charge in [-0.1, -0.05) is 23.4 Å². The molecule has 9 nitrogen and oxygen atoms in total. The average molecular weight is 392 g/mol. The Kier molecular flexibility index (Phi) is 5.44. The molecule has 2 heterocycles. The lowest BCUT2D eigenvalue weighted by Gasteiger charge is -2.06. The number of hydrogen-bond acceptors (Lipinski definition) is 8. The first kappa shape index (κ1) is 17.8. The number of hydrogen-bond donors (Lipinski definition) is 1. The molecule has 0 saturated heterocycles. The standard InChI is InChI=1S/C15H10ClN5O4S/c16-11-2-1-10(21(23)24)7-12(11)18-13(22)8-26-15-20-19-14(25-15)9-3-5-17-6-4-9/h1-7H,8H2,(H,18,22). The van der Waals surface area contributed by atoms with Gasteiger partial charge in [-0.15, -0.1) is 10.2 Å². The third-order valence-corrected chi connectivity index (χ3v) is 4.24. The summed E-state index contributed by atoms with van der Waals surface area (Å²) in [5, 5.41) is 21.5. The third-order valence-electron chi connectivity index (χ3n) is 3.10. The van der Waals surface area contributed by atoms with Gasteiger partial charge in [0.25, 0.3) is 10.9 Å². The van der Waals surface area contributed by atoms with Crippen molar-refractivity contribution in [2.24, 2.45) is 0 Å². The van der Waals surface area contributed by atoms with Crippen LogP contribution >= 0.6 is 23.4 Å². The first-order valence-electron chi connectivity index (χ1n) is 7.13. The van der Waals surface area contributed by atoms with Gasteiger partial charge in [0, 0.05) is 30.1 Å². The Balaban J connectivity index is 1.61. The molecule has 0 aliphatic rings. The summed E-state index contributed by atoms with van der Waals surface area (Å²) >= 11 is 6.98. The minimum Gasteiger partial charge on any atom is -0.411 e. The van der Waals surface area contributed by atoms with Gasteiger partial charge < -0.3 is 9.73 Å². The average Bonchev–Trinajstić information content (AvgIpc) is 3.11. The Morgan fingerprint density at radius 1 is 1.27 bits per heavy atom. The highest BCUT2D eigenvalue weighted by Gasteiger charge is 2.14. The fraction of sp³-hybridized carbons (Fsp3) is 0.0667. The number of aromatic nitrogens is 3. The molecule has 0 atom stereocenters. The number of pyridine rings is 1. The molecule has 0 aliphatic heterocycles. The summed E-state index contributed by atoms with van der Waals surface area (Å²) in [5.41, 5.74) is 0.706. The zero-order valence-electron chi connectivity index (χ0n) is 13.0. The Morgan fingerprint density at radius 3 is 2.77 bits per heavy atom. The van der Waals surface area contributed by atoms with Crippen molar-refractivity contribution in [3.8, 4) is 11.5 Å². The number of nitrogens with one attached hydrogen (secondary N) is 1. The molecule has 1 amide bonds. The molecule has 0 aliphatic carbocycles. The quantitative estimate of drug-likeness (QED) is 0.385. The molecule has 3 aromatic rings. The predicted octanol–water partition coefficient (Wildman–Crippen LogP) is 3.42. The van der Waals surface area contributed by atoms with Gasteiger partial charge in [-0.25, -0.2) is 0 Å². The lowest BCUT2D eigenvalue weighted by molar-refractivity contribution is -0.384. The Hall–Kier alpha value is -2.98. The highest BCUT2D eigenvalue weighted by molar-refractivity contribution is 7.99. The lowest BCUT2D eigenvalue weighted by atomic mass is 10.3. The Morgan fingerprint density at radius 2 is 2.04 bits per heavy atom. The highest BCUT2D eigenvalue weighted by Crippen LogP contribution is 2.27. The van der Waals surface area contributed by atoms with Crippen molar-refractivity contribution in [1.82, 2.24) is 15.2 Å². The van der Waals surface area contributed by atoms with Crippen LogP contribution in [-0.2, 0) is 4.79 Å². The van der Waals surface area contributed by atoms with Crippen LogP contribution in [0.1, 0.15) is 0 Å². The van der Waals surface area contributed by atoms with Gasteiger partial charge in [0.2, 0.25) is 11.8 Å². The predicted molar refractivity (Wildman–Crippen MR) is 95.0 cm³/mol. The van der Waals surface area contributed by atoms with Crippen LogP contribution < -0.4 is 5.32 Å². The summed E-state index contributed by atoms with van der Waals surface area (Å²) in [6.07, 6.45) is 3.20. The third kappa shape index (κ3) is 4.35. The number of rotatable bonds is 6. The van der Waals surface area contributed by atoms with E-state index in [1.165, 1.54) is 18.2 Å².